The third-order valence-electron chi connectivity index (χ3n) is 3.46. The Morgan fingerprint density at radius 2 is 2.35 bits per heavy atom. The second kappa shape index (κ2) is 6.72. The van der Waals surface area contributed by atoms with Crippen molar-refractivity contribution in [2.75, 3.05) is 20.1 Å². The highest BCUT2D eigenvalue weighted by atomic mass is 35.5. The zero-order chi connectivity index (χ0) is 12.1. The van der Waals surface area contributed by atoms with Crippen molar-refractivity contribution in [1.82, 2.24) is 9.88 Å². The lowest BCUT2D eigenvalue weighted by Gasteiger charge is -2.30. The third-order valence-corrected chi connectivity index (χ3v) is 4.69. The largest absolute Gasteiger partial charge is 0.306 e. The molecule has 1 aromatic heterocycles. The average molecular weight is 273 g/mol. The number of aromatic nitrogens is 1. The van der Waals surface area contributed by atoms with Gasteiger partial charge < -0.3 is 4.90 Å². The Bertz CT molecular complexity index is 336. The van der Waals surface area contributed by atoms with Crippen LogP contribution in [0.5, 0.6) is 0 Å². The van der Waals surface area contributed by atoms with Crippen LogP contribution in [-0.2, 0) is 12.3 Å². The van der Waals surface area contributed by atoms with Crippen LogP contribution in [0.25, 0.3) is 0 Å². The zero-order valence-electron chi connectivity index (χ0n) is 10.5. The Labute approximate surface area is 113 Å². The molecule has 0 radical (unpaired) electrons. The fourth-order valence-electron chi connectivity index (χ4n) is 2.23. The second-order valence-electron chi connectivity index (χ2n) is 5.03. The van der Waals surface area contributed by atoms with Gasteiger partial charge in [-0.3, -0.25) is 0 Å². The number of hydrogen-bond donors (Lipinski definition) is 0. The number of alkyl halides is 1. The first-order chi connectivity index (χ1) is 8.28. The molecule has 0 N–H and O–H groups in total. The molecule has 1 saturated carbocycles. The zero-order valence-corrected chi connectivity index (χ0v) is 12.1. The standard InChI is InChI=1S/C13H21ClN2S/c1-16(9-11-4-2-5-11)7-3-6-13-15-12(8-14)10-17-13/h10-11H,2-9H2,1H3. The van der Waals surface area contributed by atoms with E-state index in [1.165, 1.54) is 43.8 Å². The van der Waals surface area contributed by atoms with Crippen molar-refractivity contribution in [2.45, 2.75) is 38.0 Å². The molecule has 1 aliphatic rings. The molecule has 96 valence electrons. The smallest absolute Gasteiger partial charge is 0.0929 e. The van der Waals surface area contributed by atoms with Gasteiger partial charge in [0.25, 0.3) is 0 Å². The van der Waals surface area contributed by atoms with Gasteiger partial charge in [-0.25, -0.2) is 4.98 Å². The Morgan fingerprint density at radius 3 is 2.94 bits per heavy atom. The first kappa shape index (κ1) is 13.3. The minimum Gasteiger partial charge on any atom is -0.306 e. The third kappa shape index (κ3) is 4.23. The summed E-state index contributed by atoms with van der Waals surface area (Å²) in [5.41, 5.74) is 1.02. The van der Waals surface area contributed by atoms with E-state index in [-0.39, 0.29) is 0 Å². The van der Waals surface area contributed by atoms with Crippen LogP contribution >= 0.6 is 22.9 Å². The number of halogens is 1. The number of aryl methyl sites for hydroxylation is 1. The minimum atomic E-state index is 0.540. The monoisotopic (exact) mass is 272 g/mol. The fourth-order valence-corrected chi connectivity index (χ4v) is 3.30. The Kier molecular flexibility index (Phi) is 5.26. The van der Waals surface area contributed by atoms with Gasteiger partial charge >= 0.3 is 0 Å². The number of nitrogens with zero attached hydrogens (tertiary/aromatic N) is 2. The molecular weight excluding hydrogens is 252 g/mol. The molecule has 0 amide bonds. The summed E-state index contributed by atoms with van der Waals surface area (Å²) in [5, 5.41) is 3.30. The van der Waals surface area contributed by atoms with Crippen molar-refractivity contribution in [3.05, 3.63) is 16.1 Å². The van der Waals surface area contributed by atoms with Crippen LogP contribution in [0.15, 0.2) is 5.38 Å². The first-order valence-corrected chi connectivity index (χ1v) is 7.87. The van der Waals surface area contributed by atoms with E-state index in [0.29, 0.717) is 5.88 Å². The summed E-state index contributed by atoms with van der Waals surface area (Å²) < 4.78 is 0. The SMILES string of the molecule is CN(CCCc1nc(CCl)cs1)CC1CCC1. The van der Waals surface area contributed by atoms with Crippen molar-refractivity contribution in [3.63, 3.8) is 0 Å². The van der Waals surface area contributed by atoms with Crippen LogP contribution in [0, 0.1) is 5.92 Å². The summed E-state index contributed by atoms with van der Waals surface area (Å²) in [6.07, 6.45) is 6.62. The molecule has 1 fully saturated rings. The lowest BCUT2D eigenvalue weighted by molar-refractivity contribution is 0.204. The summed E-state index contributed by atoms with van der Waals surface area (Å²) in [6.45, 7) is 2.47. The lowest BCUT2D eigenvalue weighted by atomic mass is 9.85. The molecule has 0 bridgehead atoms. The summed E-state index contributed by atoms with van der Waals surface area (Å²) in [4.78, 5) is 6.95. The topological polar surface area (TPSA) is 16.1 Å². The normalized spacial score (nSPS) is 16.4. The summed E-state index contributed by atoms with van der Waals surface area (Å²) >= 11 is 7.48. The maximum absolute atomic E-state index is 5.74. The van der Waals surface area contributed by atoms with Crippen LogP contribution in [0.4, 0.5) is 0 Å². The lowest BCUT2D eigenvalue weighted by Crippen LogP contribution is -2.30. The summed E-state index contributed by atoms with van der Waals surface area (Å²) in [7, 11) is 2.24. The van der Waals surface area contributed by atoms with Crippen molar-refractivity contribution >= 4 is 22.9 Å². The number of hydrogen-bond acceptors (Lipinski definition) is 3. The van der Waals surface area contributed by atoms with E-state index in [0.717, 1.165) is 18.0 Å². The minimum absolute atomic E-state index is 0.540. The van der Waals surface area contributed by atoms with E-state index in [2.05, 4.69) is 22.3 Å². The molecule has 17 heavy (non-hydrogen) atoms. The molecule has 0 aromatic carbocycles. The van der Waals surface area contributed by atoms with Crippen LogP contribution in [0.1, 0.15) is 36.4 Å². The molecule has 0 unspecified atom stereocenters. The predicted molar refractivity (Wildman–Crippen MR) is 74.8 cm³/mol. The van der Waals surface area contributed by atoms with Gasteiger partial charge in [0.2, 0.25) is 0 Å². The van der Waals surface area contributed by atoms with E-state index >= 15 is 0 Å². The van der Waals surface area contributed by atoms with Gasteiger partial charge in [-0.15, -0.1) is 22.9 Å². The van der Waals surface area contributed by atoms with Crippen LogP contribution < -0.4 is 0 Å². The van der Waals surface area contributed by atoms with Gasteiger partial charge in [0.15, 0.2) is 0 Å². The van der Waals surface area contributed by atoms with Crippen molar-refractivity contribution in [1.29, 1.82) is 0 Å². The molecule has 0 atom stereocenters. The molecule has 0 spiro atoms. The van der Waals surface area contributed by atoms with Gasteiger partial charge in [-0.05, 0) is 38.8 Å². The Morgan fingerprint density at radius 1 is 1.53 bits per heavy atom. The van der Waals surface area contributed by atoms with Gasteiger partial charge in [-0.1, -0.05) is 6.42 Å². The molecule has 1 heterocycles. The van der Waals surface area contributed by atoms with E-state index < -0.39 is 0 Å². The maximum Gasteiger partial charge on any atom is 0.0929 e. The molecule has 2 nitrogen and oxygen atoms in total. The number of thiazole rings is 1. The molecule has 0 aliphatic heterocycles. The van der Waals surface area contributed by atoms with Crippen LogP contribution in [0.3, 0.4) is 0 Å². The first-order valence-electron chi connectivity index (χ1n) is 6.45. The molecule has 2 rings (SSSR count). The summed E-state index contributed by atoms with van der Waals surface area (Å²) in [5.74, 6) is 1.51. The van der Waals surface area contributed by atoms with E-state index in [9.17, 15) is 0 Å². The number of rotatable bonds is 7. The van der Waals surface area contributed by atoms with E-state index in [4.69, 9.17) is 11.6 Å². The highest BCUT2D eigenvalue weighted by Crippen LogP contribution is 2.26. The average Bonchev–Trinajstić information content (AvgIpc) is 2.71. The fraction of sp³-hybridized carbons (Fsp3) is 0.769. The molecule has 1 aromatic rings. The summed E-state index contributed by atoms with van der Waals surface area (Å²) in [6, 6.07) is 0. The van der Waals surface area contributed by atoms with Crippen molar-refractivity contribution in [3.8, 4) is 0 Å². The van der Waals surface area contributed by atoms with E-state index in [1.807, 2.05) is 0 Å². The molecule has 1 aliphatic carbocycles. The van der Waals surface area contributed by atoms with Gasteiger partial charge in [0, 0.05) is 18.3 Å². The highest BCUT2D eigenvalue weighted by molar-refractivity contribution is 7.09. The second-order valence-corrected chi connectivity index (χ2v) is 6.24. The van der Waals surface area contributed by atoms with Crippen molar-refractivity contribution in [2.24, 2.45) is 5.92 Å². The van der Waals surface area contributed by atoms with Crippen LogP contribution in [-0.4, -0.2) is 30.0 Å². The molecule has 4 heteroatoms. The van der Waals surface area contributed by atoms with Gasteiger partial charge in [-0.2, -0.15) is 0 Å². The maximum atomic E-state index is 5.74. The predicted octanol–water partition coefficient (Wildman–Crippen LogP) is 3.55. The van der Waals surface area contributed by atoms with E-state index in [1.54, 1.807) is 11.3 Å². The Balaban J connectivity index is 1.61. The molecular formula is C13H21ClN2S. The highest BCUT2D eigenvalue weighted by Gasteiger charge is 2.18. The quantitative estimate of drug-likeness (QED) is 0.706. The van der Waals surface area contributed by atoms with Gasteiger partial charge in [0.1, 0.15) is 0 Å². The Hall–Kier alpha value is -0.120. The van der Waals surface area contributed by atoms with Crippen LogP contribution in [0.2, 0.25) is 0 Å². The van der Waals surface area contributed by atoms with Crippen molar-refractivity contribution < 1.29 is 0 Å². The molecule has 0 saturated heterocycles. The van der Waals surface area contributed by atoms with Gasteiger partial charge in [0.05, 0.1) is 16.6 Å².